The molecule has 0 aromatic heterocycles. The Morgan fingerprint density at radius 2 is 1.22 bits per heavy atom. The van der Waals surface area contributed by atoms with E-state index in [1.807, 2.05) is 0 Å². The van der Waals surface area contributed by atoms with Gasteiger partial charge in [-0.25, -0.2) is 0 Å². The number of esters is 1. The first-order valence-corrected chi connectivity index (χ1v) is 16.7. The van der Waals surface area contributed by atoms with E-state index in [1.165, 1.54) is 0 Å². The van der Waals surface area contributed by atoms with Crippen LogP contribution in [0.1, 0.15) is 38.5 Å². The van der Waals surface area contributed by atoms with E-state index in [4.69, 9.17) is 33.5 Å². The molecule has 5 rings (SSSR count). The number of rotatable bonds is 10. The first kappa shape index (κ1) is 39.5. The zero-order chi connectivity index (χ0) is 36.6. The van der Waals surface area contributed by atoms with Crippen molar-refractivity contribution in [3.05, 3.63) is 0 Å². The third-order valence-corrected chi connectivity index (χ3v) is 10.4. The van der Waals surface area contributed by atoms with Gasteiger partial charge in [-0.1, -0.05) is 0 Å². The maximum atomic E-state index is 11.8. The molecule has 3 aliphatic heterocycles. The Bertz CT molecular complexity index is 1130. The second-order valence-corrected chi connectivity index (χ2v) is 13.9. The van der Waals surface area contributed by atoms with Crippen LogP contribution < -0.4 is 0 Å². The number of carboxylic acid groups (broad SMARTS) is 1. The van der Waals surface area contributed by atoms with Crippen LogP contribution in [-0.4, -0.2) is 201 Å². The van der Waals surface area contributed by atoms with E-state index < -0.39 is 154 Å². The van der Waals surface area contributed by atoms with Crippen LogP contribution in [0.5, 0.6) is 0 Å². The van der Waals surface area contributed by atoms with E-state index in [1.54, 1.807) is 0 Å². The van der Waals surface area contributed by atoms with Crippen LogP contribution in [0, 0.1) is 11.8 Å². The zero-order valence-electron chi connectivity index (χ0n) is 26.9. The van der Waals surface area contributed by atoms with Crippen molar-refractivity contribution in [1.82, 2.24) is 0 Å². The summed E-state index contributed by atoms with van der Waals surface area (Å²) in [6, 6.07) is 0. The van der Waals surface area contributed by atoms with E-state index in [9.17, 15) is 65.8 Å². The minimum atomic E-state index is -1.87. The molecule has 3 heterocycles. The quantitative estimate of drug-likeness (QED) is 0.0565. The molecule has 8 unspecified atom stereocenters. The van der Waals surface area contributed by atoms with E-state index in [-0.39, 0.29) is 32.1 Å². The van der Waals surface area contributed by atoms with Gasteiger partial charge in [0.05, 0.1) is 36.9 Å². The fraction of sp³-hybridized carbons (Fsp3) is 0.933. The minimum absolute atomic E-state index is 0.00733. The van der Waals surface area contributed by atoms with Gasteiger partial charge in [-0.05, 0) is 19.3 Å². The van der Waals surface area contributed by atoms with Crippen molar-refractivity contribution in [2.75, 3.05) is 13.2 Å². The lowest BCUT2D eigenvalue weighted by Crippen LogP contribution is -2.64. The van der Waals surface area contributed by atoms with Gasteiger partial charge in [0.15, 0.2) is 24.8 Å². The molecule has 2 saturated carbocycles. The number of carboxylic acids is 1. The molecule has 50 heavy (non-hydrogen) atoms. The summed E-state index contributed by atoms with van der Waals surface area (Å²) < 4.78 is 33.3. The molecule has 3 saturated heterocycles. The highest BCUT2D eigenvalue weighted by molar-refractivity contribution is 5.90. The summed E-state index contributed by atoms with van der Waals surface area (Å²) in [6.45, 7) is -1.40. The van der Waals surface area contributed by atoms with E-state index in [2.05, 4.69) is 0 Å². The lowest BCUT2D eigenvalue weighted by atomic mass is 9.72. The molecule has 0 aromatic carbocycles. The third-order valence-electron chi connectivity index (χ3n) is 10.4. The summed E-state index contributed by atoms with van der Waals surface area (Å²) in [5.41, 5.74) is 0. The van der Waals surface area contributed by atoms with Gasteiger partial charge < -0.3 is 89.7 Å². The fourth-order valence-electron chi connectivity index (χ4n) is 7.73. The minimum Gasteiger partial charge on any atom is -0.481 e. The van der Waals surface area contributed by atoms with Crippen LogP contribution in [0.3, 0.4) is 0 Å². The second-order valence-electron chi connectivity index (χ2n) is 13.9. The van der Waals surface area contributed by atoms with Crippen LogP contribution in [0.4, 0.5) is 0 Å². The lowest BCUT2D eigenvalue weighted by molar-refractivity contribution is -0.368. The summed E-state index contributed by atoms with van der Waals surface area (Å²) >= 11 is 0. The van der Waals surface area contributed by atoms with Gasteiger partial charge in [0.1, 0.15) is 74.1 Å². The topological polar surface area (TPSA) is 336 Å². The van der Waals surface area contributed by atoms with Crippen molar-refractivity contribution in [2.24, 2.45) is 11.8 Å². The number of aliphatic hydroxyl groups excluding tert-OH is 11. The molecular formula is C30H49O20+. The van der Waals surface area contributed by atoms with Crippen LogP contribution in [0.2, 0.25) is 0 Å². The Morgan fingerprint density at radius 3 is 1.80 bits per heavy atom. The SMILES string of the molecule is O=C(O)CC(=O)OC[C@H]1O[C@@H](OC2CC3C(O[C@@H]4O[C@H](CO)[C@@H](O)[C@H](O)[C@H]4O)CC(O)CC3[OH+]C2C2CC(O)C(O)C(O)C2)[C@H](O)[C@@H](O)[C@@H]1O. The predicted molar refractivity (Wildman–Crippen MR) is 157 cm³/mol. The number of hydrogen-bond donors (Lipinski definition) is 12. The van der Waals surface area contributed by atoms with Crippen molar-refractivity contribution >= 4 is 11.9 Å². The molecule has 0 radical (unpaired) electrons. The van der Waals surface area contributed by atoms with Gasteiger partial charge >= 0.3 is 11.9 Å². The molecular weight excluding hydrogens is 680 g/mol. The Morgan fingerprint density at radius 1 is 0.660 bits per heavy atom. The first-order chi connectivity index (χ1) is 23.6. The number of hydrogen-bond acceptors (Lipinski definition) is 18. The maximum Gasteiger partial charge on any atom is 0.317 e. The Kier molecular flexibility index (Phi) is 13.1. The number of fused-ring (bicyclic) bond motifs is 1. The molecule has 13 N–H and O–H groups in total. The van der Waals surface area contributed by atoms with Gasteiger partial charge in [0.2, 0.25) is 0 Å². The maximum absolute atomic E-state index is 11.8. The number of carbonyl (C=O) groups is 2. The summed E-state index contributed by atoms with van der Waals surface area (Å²) in [7, 11) is 0. The fourth-order valence-corrected chi connectivity index (χ4v) is 7.73. The molecule has 5 aliphatic rings. The van der Waals surface area contributed by atoms with Gasteiger partial charge in [0.25, 0.3) is 0 Å². The van der Waals surface area contributed by atoms with Gasteiger partial charge in [-0.15, -0.1) is 0 Å². The largest absolute Gasteiger partial charge is 0.481 e. The Labute approximate surface area is 285 Å². The third kappa shape index (κ3) is 8.57. The number of carbonyl (C=O) groups excluding carboxylic acids is 1. The normalized spacial score (nSPS) is 49.9. The molecule has 20 heteroatoms. The highest BCUT2D eigenvalue weighted by Gasteiger charge is 2.57. The molecule has 20 nitrogen and oxygen atoms in total. The second kappa shape index (κ2) is 16.5. The highest BCUT2D eigenvalue weighted by Crippen LogP contribution is 2.44. The summed E-state index contributed by atoms with van der Waals surface area (Å²) in [4.78, 5) is 22.7. The van der Waals surface area contributed by atoms with Crippen molar-refractivity contribution < 1.29 is 99.3 Å². The van der Waals surface area contributed by atoms with Crippen LogP contribution in [0.15, 0.2) is 0 Å². The Hall–Kier alpha value is -1.70. The van der Waals surface area contributed by atoms with Crippen LogP contribution >= 0.6 is 0 Å². The summed E-state index contributed by atoms with van der Waals surface area (Å²) in [5, 5.41) is 124. The van der Waals surface area contributed by atoms with Crippen LogP contribution in [-0.2, 0) is 33.3 Å². The molecule has 2 aliphatic carbocycles. The average Bonchev–Trinajstić information content (AvgIpc) is 3.06. The van der Waals surface area contributed by atoms with E-state index in [0.717, 1.165) is 0 Å². The molecule has 288 valence electrons. The smallest absolute Gasteiger partial charge is 0.317 e. The number of aliphatic hydroxyl groups is 13. The average molecular weight is 730 g/mol. The van der Waals surface area contributed by atoms with Gasteiger partial charge in [0, 0.05) is 18.8 Å². The number of ether oxygens (including phenoxy) is 6. The number of aliphatic carboxylic acids is 1. The molecule has 0 amide bonds. The monoisotopic (exact) mass is 729 g/mol. The first-order valence-electron chi connectivity index (χ1n) is 16.7. The molecule has 5 fully saturated rings. The van der Waals surface area contributed by atoms with Crippen molar-refractivity contribution in [3.63, 3.8) is 0 Å². The van der Waals surface area contributed by atoms with Crippen molar-refractivity contribution in [3.8, 4) is 0 Å². The van der Waals surface area contributed by atoms with Crippen LogP contribution in [0.25, 0.3) is 0 Å². The summed E-state index contributed by atoms with van der Waals surface area (Å²) in [5.74, 6) is -3.82. The molecule has 0 spiro atoms. The molecule has 0 aromatic rings. The lowest BCUT2D eigenvalue weighted by Gasteiger charge is -2.50. The van der Waals surface area contributed by atoms with Crippen molar-refractivity contribution in [1.29, 1.82) is 0 Å². The molecule has 0 bridgehead atoms. The van der Waals surface area contributed by atoms with Crippen molar-refractivity contribution in [2.45, 2.75) is 149 Å². The predicted octanol–water partition coefficient (Wildman–Crippen LogP) is -6.69. The van der Waals surface area contributed by atoms with Gasteiger partial charge in [-0.3, -0.25) is 9.59 Å². The summed E-state index contributed by atoms with van der Waals surface area (Å²) in [6.07, 6.45) is -25.8. The van der Waals surface area contributed by atoms with E-state index in [0.29, 0.717) is 0 Å². The highest BCUT2D eigenvalue weighted by atomic mass is 16.7. The van der Waals surface area contributed by atoms with Gasteiger partial charge in [-0.2, -0.15) is 0 Å². The van der Waals surface area contributed by atoms with E-state index >= 15 is 0 Å². The standard InChI is InChI=1S/C30H48O20/c31-7-17-22(39)24(41)26(43)29(49-17)47-15-4-10(32)3-14-11(15)5-16(28(46-14)9-1-12(33)21(38)13(34)2-9)48-30-27(44)25(42)23(40)18(50-30)8-45-20(37)6-19(35)36/h9-18,21-34,38-44H,1-8H2,(H,35,36)/p+1/t9?,10?,11?,12?,13?,14?,15?,16?,17-,18-,21?,22-,23-,24+,25+,26-,27-,28?,29-,30-/m1/s1. The zero-order valence-corrected chi connectivity index (χ0v) is 26.9. The molecule has 18 atom stereocenters. The Balaban J connectivity index is 1.38.